The van der Waals surface area contributed by atoms with Crippen LogP contribution in [0.2, 0.25) is 0 Å². The Balaban J connectivity index is 1.79. The van der Waals surface area contributed by atoms with Crippen LogP contribution in [0.3, 0.4) is 0 Å². The minimum Gasteiger partial charge on any atom is -0.455 e. The summed E-state index contributed by atoms with van der Waals surface area (Å²) in [5.74, 6) is 0.572. The maximum absolute atomic E-state index is 12.7. The Hall–Kier alpha value is -3.67. The van der Waals surface area contributed by atoms with Gasteiger partial charge in [0.25, 0.3) is 11.8 Å². The number of para-hydroxylation sites is 3. The summed E-state index contributed by atoms with van der Waals surface area (Å²) in [6.07, 6.45) is 0. The summed E-state index contributed by atoms with van der Waals surface area (Å²) in [6.45, 7) is 4.97. The van der Waals surface area contributed by atoms with Crippen molar-refractivity contribution in [1.82, 2.24) is 9.88 Å². The zero-order valence-electron chi connectivity index (χ0n) is 16.5. The minimum absolute atomic E-state index is 0.164. The third kappa shape index (κ3) is 4.99. The lowest BCUT2D eigenvalue weighted by Gasteiger charge is -2.18. The molecule has 3 aromatic rings. The van der Waals surface area contributed by atoms with E-state index in [-0.39, 0.29) is 17.3 Å². The van der Waals surface area contributed by atoms with E-state index < -0.39 is 5.91 Å². The van der Waals surface area contributed by atoms with Gasteiger partial charge < -0.3 is 15.0 Å². The van der Waals surface area contributed by atoms with Crippen LogP contribution in [0.15, 0.2) is 72.8 Å². The third-order valence-electron chi connectivity index (χ3n) is 4.36. The molecule has 6 heteroatoms. The molecular weight excluding hydrogens is 366 g/mol. The largest absolute Gasteiger partial charge is 0.455 e. The van der Waals surface area contributed by atoms with Crippen LogP contribution in [0.1, 0.15) is 34.8 Å². The van der Waals surface area contributed by atoms with E-state index >= 15 is 0 Å². The van der Waals surface area contributed by atoms with Crippen LogP contribution in [0, 0.1) is 0 Å². The fourth-order valence-corrected chi connectivity index (χ4v) is 2.81. The third-order valence-corrected chi connectivity index (χ3v) is 4.36. The second-order valence-corrected chi connectivity index (χ2v) is 6.25. The summed E-state index contributed by atoms with van der Waals surface area (Å²) in [5.41, 5.74) is 0.927. The Morgan fingerprint density at radius 1 is 0.862 bits per heavy atom. The number of carbonyl (C=O) groups is 2. The van der Waals surface area contributed by atoms with E-state index in [4.69, 9.17) is 4.74 Å². The minimum atomic E-state index is -0.414. The number of amides is 2. The van der Waals surface area contributed by atoms with E-state index in [1.807, 2.05) is 50.2 Å². The molecule has 0 unspecified atom stereocenters. The van der Waals surface area contributed by atoms with Crippen molar-refractivity contribution in [2.24, 2.45) is 0 Å². The molecule has 29 heavy (non-hydrogen) atoms. The van der Waals surface area contributed by atoms with E-state index in [2.05, 4.69) is 10.3 Å². The second-order valence-electron chi connectivity index (χ2n) is 6.25. The number of benzene rings is 2. The Kier molecular flexibility index (Phi) is 6.58. The zero-order valence-corrected chi connectivity index (χ0v) is 16.5. The van der Waals surface area contributed by atoms with Gasteiger partial charge in [-0.2, -0.15) is 0 Å². The number of rotatable bonds is 7. The van der Waals surface area contributed by atoms with Crippen LogP contribution in [0.5, 0.6) is 11.5 Å². The molecule has 1 aromatic heterocycles. The Morgan fingerprint density at radius 3 is 2.24 bits per heavy atom. The van der Waals surface area contributed by atoms with Crippen molar-refractivity contribution in [3.05, 3.63) is 84.2 Å². The molecule has 0 aliphatic rings. The molecule has 1 heterocycles. The first-order chi connectivity index (χ1) is 14.1. The number of carbonyl (C=O) groups excluding carboxylic acids is 2. The summed E-state index contributed by atoms with van der Waals surface area (Å²) >= 11 is 0. The fourth-order valence-electron chi connectivity index (χ4n) is 2.81. The lowest BCUT2D eigenvalue weighted by molar-refractivity contribution is 0.0767. The van der Waals surface area contributed by atoms with Gasteiger partial charge in [-0.05, 0) is 50.2 Å². The Labute approximate surface area is 170 Å². The van der Waals surface area contributed by atoms with Crippen LogP contribution in [-0.2, 0) is 0 Å². The molecule has 1 N–H and O–H groups in total. The summed E-state index contributed by atoms with van der Waals surface area (Å²) in [5, 5.41) is 2.82. The van der Waals surface area contributed by atoms with E-state index in [1.165, 1.54) is 0 Å². The molecule has 148 valence electrons. The zero-order chi connectivity index (χ0) is 20.6. The maximum Gasteiger partial charge on any atom is 0.274 e. The topological polar surface area (TPSA) is 71.5 Å². The van der Waals surface area contributed by atoms with Gasteiger partial charge in [-0.25, -0.2) is 4.98 Å². The molecule has 0 aliphatic heterocycles. The van der Waals surface area contributed by atoms with Crippen LogP contribution < -0.4 is 10.1 Å². The molecule has 0 bridgehead atoms. The van der Waals surface area contributed by atoms with Gasteiger partial charge in [-0.15, -0.1) is 0 Å². The highest BCUT2D eigenvalue weighted by Gasteiger charge is 2.17. The smallest absolute Gasteiger partial charge is 0.274 e. The van der Waals surface area contributed by atoms with Crippen molar-refractivity contribution in [3.63, 3.8) is 0 Å². The lowest BCUT2D eigenvalue weighted by atomic mass is 10.2. The highest BCUT2D eigenvalue weighted by Crippen LogP contribution is 2.29. The van der Waals surface area contributed by atoms with E-state index in [1.54, 1.807) is 41.3 Å². The van der Waals surface area contributed by atoms with Crippen molar-refractivity contribution >= 4 is 17.5 Å². The first-order valence-corrected chi connectivity index (χ1v) is 9.52. The maximum atomic E-state index is 12.7. The van der Waals surface area contributed by atoms with Gasteiger partial charge in [-0.3, -0.25) is 9.59 Å². The Morgan fingerprint density at radius 2 is 1.52 bits per heavy atom. The van der Waals surface area contributed by atoms with Crippen LogP contribution in [-0.4, -0.2) is 34.8 Å². The van der Waals surface area contributed by atoms with E-state index in [9.17, 15) is 9.59 Å². The van der Waals surface area contributed by atoms with Gasteiger partial charge in [0.1, 0.15) is 17.1 Å². The number of ether oxygens (including phenoxy) is 1. The first kappa shape index (κ1) is 20.1. The van der Waals surface area contributed by atoms with Crippen LogP contribution in [0.25, 0.3) is 0 Å². The average Bonchev–Trinajstić information content (AvgIpc) is 2.76. The SMILES string of the molecule is CCN(CC)C(=O)c1cccc(C(=O)Nc2ccccc2Oc2ccccc2)n1. The van der Waals surface area contributed by atoms with Gasteiger partial charge in [0, 0.05) is 13.1 Å². The van der Waals surface area contributed by atoms with Crippen molar-refractivity contribution in [1.29, 1.82) is 0 Å². The number of nitrogens with zero attached hydrogens (tertiary/aromatic N) is 2. The summed E-state index contributed by atoms with van der Waals surface area (Å²) < 4.78 is 5.87. The number of anilines is 1. The molecule has 2 aromatic carbocycles. The molecule has 0 radical (unpaired) electrons. The molecule has 2 amide bonds. The molecule has 0 fully saturated rings. The van der Waals surface area contributed by atoms with Crippen molar-refractivity contribution in [2.45, 2.75) is 13.8 Å². The van der Waals surface area contributed by atoms with E-state index in [0.29, 0.717) is 30.3 Å². The first-order valence-electron chi connectivity index (χ1n) is 9.52. The molecule has 3 rings (SSSR count). The summed E-state index contributed by atoms with van der Waals surface area (Å²) in [7, 11) is 0. The highest BCUT2D eigenvalue weighted by atomic mass is 16.5. The number of pyridine rings is 1. The van der Waals surface area contributed by atoms with Crippen LogP contribution >= 0.6 is 0 Å². The van der Waals surface area contributed by atoms with Gasteiger partial charge in [0.2, 0.25) is 0 Å². The Bertz CT molecular complexity index is 985. The van der Waals surface area contributed by atoms with Gasteiger partial charge in [-0.1, -0.05) is 36.4 Å². The quantitative estimate of drug-likeness (QED) is 0.641. The summed E-state index contributed by atoms with van der Waals surface area (Å²) in [4.78, 5) is 31.2. The van der Waals surface area contributed by atoms with Crippen molar-refractivity contribution in [3.8, 4) is 11.5 Å². The average molecular weight is 389 g/mol. The molecule has 6 nitrogen and oxygen atoms in total. The molecule has 0 aliphatic carbocycles. The fraction of sp³-hybridized carbons (Fsp3) is 0.174. The molecule has 0 spiro atoms. The van der Waals surface area contributed by atoms with Crippen molar-refractivity contribution < 1.29 is 14.3 Å². The van der Waals surface area contributed by atoms with Crippen molar-refractivity contribution in [2.75, 3.05) is 18.4 Å². The standard InChI is InChI=1S/C23H23N3O3/c1-3-26(4-2)23(28)20-15-10-14-19(24-20)22(27)25-18-13-8-9-16-21(18)29-17-11-6-5-7-12-17/h5-16H,3-4H2,1-2H3,(H,25,27). The monoisotopic (exact) mass is 389 g/mol. The van der Waals surface area contributed by atoms with Crippen LogP contribution in [0.4, 0.5) is 5.69 Å². The number of hydrogen-bond acceptors (Lipinski definition) is 4. The second kappa shape index (κ2) is 9.50. The number of aromatic nitrogens is 1. The predicted molar refractivity (Wildman–Crippen MR) is 112 cm³/mol. The highest BCUT2D eigenvalue weighted by molar-refractivity contribution is 6.04. The lowest BCUT2D eigenvalue weighted by Crippen LogP contribution is -2.31. The molecule has 0 atom stereocenters. The van der Waals surface area contributed by atoms with Gasteiger partial charge in [0.05, 0.1) is 5.69 Å². The van der Waals surface area contributed by atoms with Gasteiger partial charge >= 0.3 is 0 Å². The molecular formula is C23H23N3O3. The van der Waals surface area contributed by atoms with Gasteiger partial charge in [0.15, 0.2) is 5.75 Å². The van der Waals surface area contributed by atoms with E-state index in [0.717, 1.165) is 0 Å². The summed E-state index contributed by atoms with van der Waals surface area (Å²) in [6, 6.07) is 21.3. The predicted octanol–water partition coefficient (Wildman–Crippen LogP) is 4.61. The normalized spacial score (nSPS) is 10.3. The molecule has 0 saturated carbocycles. The number of nitrogens with one attached hydrogen (secondary N) is 1. The number of hydrogen-bond donors (Lipinski definition) is 1. The molecule has 0 saturated heterocycles.